The molecule has 1 unspecified atom stereocenters. The topological polar surface area (TPSA) is 61.8 Å². The van der Waals surface area contributed by atoms with Crippen LogP contribution in [0, 0.1) is 10.8 Å². The fourth-order valence-electron chi connectivity index (χ4n) is 4.05. The second-order valence-electron chi connectivity index (χ2n) is 8.33. The Morgan fingerprint density at radius 3 is 2.44 bits per heavy atom. The molecule has 1 aliphatic carbocycles. The van der Waals surface area contributed by atoms with E-state index in [1.54, 1.807) is 0 Å². The standard InChI is InChI=1S/C18H35N3O2S.HI/c1-5-8-17(3)9-7-12-21(14-17)16(19-6-2)20-13-18(10-11-18)15-24(4,22)23;/h5-15H2,1-4H3,(H,19,20);1H. The number of hydrogen-bond donors (Lipinski definition) is 1. The highest BCUT2D eigenvalue weighted by Crippen LogP contribution is 2.47. The molecule has 1 heterocycles. The molecule has 1 N–H and O–H groups in total. The van der Waals surface area contributed by atoms with Crippen molar-refractivity contribution in [3.8, 4) is 0 Å². The maximum absolute atomic E-state index is 11.6. The molecule has 1 saturated carbocycles. The van der Waals surface area contributed by atoms with E-state index in [1.807, 2.05) is 0 Å². The van der Waals surface area contributed by atoms with Crippen molar-refractivity contribution in [1.29, 1.82) is 0 Å². The van der Waals surface area contributed by atoms with E-state index in [4.69, 9.17) is 4.99 Å². The predicted octanol–water partition coefficient (Wildman–Crippen LogP) is 3.30. The lowest BCUT2D eigenvalue weighted by molar-refractivity contribution is 0.142. The monoisotopic (exact) mass is 485 g/mol. The van der Waals surface area contributed by atoms with Gasteiger partial charge in [-0.05, 0) is 44.4 Å². The summed E-state index contributed by atoms with van der Waals surface area (Å²) in [7, 11) is -2.93. The van der Waals surface area contributed by atoms with Crippen molar-refractivity contribution in [2.45, 2.75) is 59.3 Å². The minimum Gasteiger partial charge on any atom is -0.357 e. The first kappa shape index (κ1) is 23.0. The Morgan fingerprint density at radius 2 is 1.92 bits per heavy atom. The van der Waals surface area contributed by atoms with E-state index in [-0.39, 0.29) is 35.1 Å². The average Bonchev–Trinajstić information content (AvgIpc) is 3.21. The summed E-state index contributed by atoms with van der Waals surface area (Å²) in [5.74, 6) is 1.25. The molecular weight excluding hydrogens is 449 g/mol. The molecule has 2 rings (SSSR count). The summed E-state index contributed by atoms with van der Waals surface area (Å²) in [5.41, 5.74) is 0.268. The van der Waals surface area contributed by atoms with Crippen molar-refractivity contribution < 1.29 is 8.42 Å². The van der Waals surface area contributed by atoms with Crippen LogP contribution in [0.3, 0.4) is 0 Å². The Labute approximate surface area is 171 Å². The molecule has 148 valence electrons. The summed E-state index contributed by atoms with van der Waals surface area (Å²) in [4.78, 5) is 7.24. The Morgan fingerprint density at radius 1 is 1.24 bits per heavy atom. The molecule has 2 aliphatic rings. The summed E-state index contributed by atoms with van der Waals surface area (Å²) in [6.45, 7) is 10.3. The van der Waals surface area contributed by atoms with Crippen molar-refractivity contribution in [3.05, 3.63) is 0 Å². The number of guanidine groups is 1. The van der Waals surface area contributed by atoms with Crippen molar-refractivity contribution in [2.75, 3.05) is 38.2 Å². The van der Waals surface area contributed by atoms with E-state index in [0.717, 1.165) is 38.4 Å². The zero-order valence-corrected chi connectivity index (χ0v) is 19.5. The minimum atomic E-state index is -2.93. The van der Waals surface area contributed by atoms with Gasteiger partial charge >= 0.3 is 0 Å². The van der Waals surface area contributed by atoms with Crippen LogP contribution >= 0.6 is 24.0 Å². The number of piperidine rings is 1. The van der Waals surface area contributed by atoms with E-state index in [1.165, 1.54) is 31.9 Å². The lowest BCUT2D eigenvalue weighted by atomic mass is 9.78. The van der Waals surface area contributed by atoms with E-state index in [9.17, 15) is 8.42 Å². The van der Waals surface area contributed by atoms with Crippen LogP contribution < -0.4 is 5.32 Å². The van der Waals surface area contributed by atoms with Gasteiger partial charge in [-0.1, -0.05) is 20.3 Å². The van der Waals surface area contributed by atoms with Crippen LogP contribution in [-0.2, 0) is 9.84 Å². The van der Waals surface area contributed by atoms with Gasteiger partial charge in [0.15, 0.2) is 5.96 Å². The molecule has 1 aliphatic heterocycles. The maximum Gasteiger partial charge on any atom is 0.193 e. The number of rotatable bonds is 7. The lowest BCUT2D eigenvalue weighted by Crippen LogP contribution is -2.50. The van der Waals surface area contributed by atoms with Gasteiger partial charge < -0.3 is 10.2 Å². The zero-order chi connectivity index (χ0) is 17.8. The third-order valence-electron chi connectivity index (χ3n) is 5.36. The Balaban J connectivity index is 0.00000312. The van der Waals surface area contributed by atoms with Gasteiger partial charge in [-0.15, -0.1) is 24.0 Å². The number of aliphatic imine (C=N–C) groups is 1. The van der Waals surface area contributed by atoms with Gasteiger partial charge in [0.25, 0.3) is 0 Å². The van der Waals surface area contributed by atoms with Crippen LogP contribution in [0.5, 0.6) is 0 Å². The predicted molar refractivity (Wildman–Crippen MR) is 117 cm³/mol. The van der Waals surface area contributed by atoms with Gasteiger partial charge in [0.05, 0.1) is 5.75 Å². The van der Waals surface area contributed by atoms with Gasteiger partial charge in [-0.2, -0.15) is 0 Å². The fourth-order valence-corrected chi connectivity index (χ4v) is 5.55. The maximum atomic E-state index is 11.6. The lowest BCUT2D eigenvalue weighted by Gasteiger charge is -2.42. The molecule has 0 spiro atoms. The minimum absolute atomic E-state index is 0. The van der Waals surface area contributed by atoms with Gasteiger partial charge in [0.1, 0.15) is 9.84 Å². The van der Waals surface area contributed by atoms with Gasteiger partial charge in [0.2, 0.25) is 0 Å². The molecular formula is C18H36IN3O2S. The second-order valence-corrected chi connectivity index (χ2v) is 10.5. The Bertz CT molecular complexity index is 557. The Kier molecular flexibility index (Phi) is 8.50. The van der Waals surface area contributed by atoms with Crippen LogP contribution in [0.15, 0.2) is 4.99 Å². The van der Waals surface area contributed by atoms with Gasteiger partial charge in [0, 0.05) is 37.8 Å². The normalized spacial score (nSPS) is 26.1. The van der Waals surface area contributed by atoms with Crippen molar-refractivity contribution in [3.63, 3.8) is 0 Å². The van der Waals surface area contributed by atoms with E-state index in [0.29, 0.717) is 12.0 Å². The van der Waals surface area contributed by atoms with Crippen molar-refractivity contribution in [2.24, 2.45) is 15.8 Å². The third kappa shape index (κ3) is 7.23. The highest BCUT2D eigenvalue weighted by atomic mass is 127. The first-order valence-corrected chi connectivity index (χ1v) is 11.5. The van der Waals surface area contributed by atoms with Crippen molar-refractivity contribution in [1.82, 2.24) is 10.2 Å². The first-order chi connectivity index (χ1) is 11.2. The number of hydrogen-bond acceptors (Lipinski definition) is 3. The molecule has 5 nitrogen and oxygen atoms in total. The highest BCUT2D eigenvalue weighted by Gasteiger charge is 2.45. The molecule has 7 heteroatoms. The summed E-state index contributed by atoms with van der Waals surface area (Å²) in [5, 5.41) is 3.42. The average molecular weight is 485 g/mol. The fraction of sp³-hybridized carbons (Fsp3) is 0.944. The number of likely N-dealkylation sites (tertiary alicyclic amines) is 1. The van der Waals surface area contributed by atoms with Crippen LogP contribution in [0.4, 0.5) is 0 Å². The van der Waals surface area contributed by atoms with Crippen LogP contribution in [-0.4, -0.2) is 57.5 Å². The SMILES string of the molecule is CCCC1(C)CCCN(C(=NCC2(CS(C)(=O)=O)CC2)NCC)C1.I. The van der Waals surface area contributed by atoms with Crippen LogP contribution in [0.2, 0.25) is 0 Å². The van der Waals surface area contributed by atoms with Crippen LogP contribution in [0.1, 0.15) is 59.3 Å². The molecule has 0 aromatic rings. The summed E-state index contributed by atoms with van der Waals surface area (Å²) >= 11 is 0. The quantitative estimate of drug-likeness (QED) is 0.342. The van der Waals surface area contributed by atoms with E-state index in [2.05, 4.69) is 31.0 Å². The third-order valence-corrected chi connectivity index (χ3v) is 6.50. The number of nitrogens with one attached hydrogen (secondary N) is 1. The number of sulfone groups is 1. The molecule has 2 fully saturated rings. The summed E-state index contributed by atoms with van der Waals surface area (Å²) in [6, 6.07) is 0. The summed E-state index contributed by atoms with van der Waals surface area (Å²) < 4.78 is 23.3. The molecule has 0 aromatic carbocycles. The van der Waals surface area contributed by atoms with Crippen molar-refractivity contribution >= 4 is 39.8 Å². The van der Waals surface area contributed by atoms with Gasteiger partial charge in [-0.3, -0.25) is 4.99 Å². The zero-order valence-electron chi connectivity index (χ0n) is 16.3. The molecule has 0 aromatic heterocycles. The molecule has 25 heavy (non-hydrogen) atoms. The largest absolute Gasteiger partial charge is 0.357 e. The Hall–Kier alpha value is -0.0500. The van der Waals surface area contributed by atoms with Crippen LogP contribution in [0.25, 0.3) is 0 Å². The molecule has 1 saturated heterocycles. The second kappa shape index (κ2) is 9.24. The van der Waals surface area contributed by atoms with Gasteiger partial charge in [-0.25, -0.2) is 8.42 Å². The van der Waals surface area contributed by atoms with E-state index < -0.39 is 9.84 Å². The molecule has 1 atom stereocenters. The smallest absolute Gasteiger partial charge is 0.193 e. The summed E-state index contributed by atoms with van der Waals surface area (Å²) in [6.07, 6.45) is 8.26. The number of halogens is 1. The van der Waals surface area contributed by atoms with E-state index >= 15 is 0 Å². The highest BCUT2D eigenvalue weighted by molar-refractivity contribution is 14.0. The molecule has 0 bridgehead atoms. The number of nitrogens with zero attached hydrogens (tertiary/aromatic N) is 2. The molecule has 0 radical (unpaired) electrons. The molecule has 0 amide bonds. The first-order valence-electron chi connectivity index (χ1n) is 9.42.